The second kappa shape index (κ2) is 8.11. The van der Waals surface area contributed by atoms with Crippen molar-refractivity contribution < 1.29 is 9.26 Å². The smallest absolute Gasteiger partial charge is 0.226 e. The number of ether oxygens (including phenoxy) is 1. The molecule has 0 bridgehead atoms. The van der Waals surface area contributed by atoms with Crippen molar-refractivity contribution in [3.05, 3.63) is 35.7 Å². The van der Waals surface area contributed by atoms with Gasteiger partial charge in [0.05, 0.1) is 0 Å². The van der Waals surface area contributed by atoms with Gasteiger partial charge in [-0.05, 0) is 56.3 Å². The molecule has 0 saturated carbocycles. The quantitative estimate of drug-likeness (QED) is 0.802. The third-order valence-corrected chi connectivity index (χ3v) is 5.30. The van der Waals surface area contributed by atoms with Crippen molar-refractivity contribution in [2.45, 2.75) is 45.1 Å². The number of aromatic nitrogens is 2. The first-order valence-corrected chi connectivity index (χ1v) is 9.59. The molecule has 0 spiro atoms. The second-order valence-electron chi connectivity index (χ2n) is 7.32. The topological polar surface area (TPSA) is 51.4 Å². The van der Waals surface area contributed by atoms with Crippen molar-refractivity contribution in [2.75, 3.05) is 26.3 Å². The van der Waals surface area contributed by atoms with Crippen LogP contribution in [0.4, 0.5) is 0 Å². The van der Waals surface area contributed by atoms with Gasteiger partial charge >= 0.3 is 0 Å². The predicted molar refractivity (Wildman–Crippen MR) is 96.1 cm³/mol. The van der Waals surface area contributed by atoms with Crippen LogP contribution in [0.25, 0.3) is 11.4 Å². The van der Waals surface area contributed by atoms with Gasteiger partial charge in [0.1, 0.15) is 0 Å². The van der Waals surface area contributed by atoms with Crippen LogP contribution >= 0.6 is 0 Å². The number of nitrogens with zero attached hydrogens (tertiary/aromatic N) is 3. The Morgan fingerprint density at radius 1 is 1.16 bits per heavy atom. The third kappa shape index (κ3) is 4.47. The standard InChI is InChI=1S/C20H27N3O2/c1-2-10-23(11-3-1)14-17-5-4-6-18(13-17)20-21-19(25-22-20)8-7-16-9-12-24-15-16/h4-6,13,16H,1-3,7-12,14-15H2. The molecule has 1 aromatic carbocycles. The molecule has 5 heteroatoms. The Kier molecular flexibility index (Phi) is 5.43. The Balaban J connectivity index is 1.38. The van der Waals surface area contributed by atoms with Crippen molar-refractivity contribution in [3.63, 3.8) is 0 Å². The molecule has 2 aromatic rings. The zero-order valence-corrected chi connectivity index (χ0v) is 14.8. The summed E-state index contributed by atoms with van der Waals surface area (Å²) in [5.41, 5.74) is 2.38. The highest BCUT2D eigenvalue weighted by Crippen LogP contribution is 2.22. The Morgan fingerprint density at radius 3 is 2.92 bits per heavy atom. The number of benzene rings is 1. The molecule has 5 nitrogen and oxygen atoms in total. The van der Waals surface area contributed by atoms with E-state index in [9.17, 15) is 0 Å². The van der Waals surface area contributed by atoms with Crippen LogP contribution in [0.15, 0.2) is 28.8 Å². The Morgan fingerprint density at radius 2 is 2.08 bits per heavy atom. The molecule has 2 aliphatic heterocycles. The lowest BCUT2D eigenvalue weighted by Crippen LogP contribution is -2.29. The van der Waals surface area contributed by atoms with Crippen LogP contribution in [-0.2, 0) is 17.7 Å². The zero-order valence-electron chi connectivity index (χ0n) is 14.8. The zero-order chi connectivity index (χ0) is 16.9. The molecule has 2 fully saturated rings. The van der Waals surface area contributed by atoms with Crippen molar-refractivity contribution in [2.24, 2.45) is 5.92 Å². The van der Waals surface area contributed by atoms with Gasteiger partial charge in [0.15, 0.2) is 0 Å². The van der Waals surface area contributed by atoms with Gasteiger partial charge < -0.3 is 9.26 Å². The summed E-state index contributed by atoms with van der Waals surface area (Å²) in [6.45, 7) is 5.20. The summed E-state index contributed by atoms with van der Waals surface area (Å²) in [7, 11) is 0. The molecule has 0 aliphatic carbocycles. The van der Waals surface area contributed by atoms with Gasteiger partial charge in [-0.1, -0.05) is 29.8 Å². The Hall–Kier alpha value is -1.72. The summed E-state index contributed by atoms with van der Waals surface area (Å²) >= 11 is 0. The third-order valence-electron chi connectivity index (χ3n) is 5.30. The molecule has 25 heavy (non-hydrogen) atoms. The van der Waals surface area contributed by atoms with Gasteiger partial charge in [0.25, 0.3) is 0 Å². The van der Waals surface area contributed by atoms with Crippen LogP contribution in [0.1, 0.15) is 43.6 Å². The van der Waals surface area contributed by atoms with Crippen LogP contribution in [0, 0.1) is 5.92 Å². The summed E-state index contributed by atoms with van der Waals surface area (Å²) in [6.07, 6.45) is 7.07. The molecule has 1 atom stereocenters. The Bertz CT molecular complexity index is 673. The fourth-order valence-corrected chi connectivity index (χ4v) is 3.80. The first-order chi connectivity index (χ1) is 12.4. The fraction of sp³-hybridized carbons (Fsp3) is 0.600. The van der Waals surface area contributed by atoms with Gasteiger partial charge in [-0.2, -0.15) is 4.98 Å². The highest BCUT2D eigenvalue weighted by molar-refractivity contribution is 5.55. The monoisotopic (exact) mass is 341 g/mol. The average molecular weight is 341 g/mol. The maximum absolute atomic E-state index is 5.46. The number of piperidine rings is 1. The van der Waals surface area contributed by atoms with Gasteiger partial charge in [0.2, 0.25) is 11.7 Å². The normalized spacial score (nSPS) is 21.7. The van der Waals surface area contributed by atoms with E-state index in [-0.39, 0.29) is 0 Å². The molecule has 0 amide bonds. The molecule has 4 rings (SSSR count). The largest absolute Gasteiger partial charge is 0.381 e. The summed E-state index contributed by atoms with van der Waals surface area (Å²) in [6, 6.07) is 8.56. The summed E-state index contributed by atoms with van der Waals surface area (Å²) in [5.74, 6) is 2.09. The first-order valence-electron chi connectivity index (χ1n) is 9.59. The van der Waals surface area contributed by atoms with E-state index in [1.165, 1.54) is 37.9 Å². The van der Waals surface area contributed by atoms with Crippen LogP contribution in [-0.4, -0.2) is 41.3 Å². The first kappa shape index (κ1) is 16.7. The van der Waals surface area contributed by atoms with E-state index in [0.717, 1.165) is 50.5 Å². The van der Waals surface area contributed by atoms with Crippen LogP contribution in [0.2, 0.25) is 0 Å². The highest BCUT2D eigenvalue weighted by Gasteiger charge is 2.17. The lowest BCUT2D eigenvalue weighted by atomic mass is 10.0. The highest BCUT2D eigenvalue weighted by atomic mass is 16.5. The van der Waals surface area contributed by atoms with E-state index in [2.05, 4.69) is 39.3 Å². The van der Waals surface area contributed by atoms with Gasteiger partial charge in [0, 0.05) is 31.7 Å². The van der Waals surface area contributed by atoms with Crippen LogP contribution in [0.5, 0.6) is 0 Å². The lowest BCUT2D eigenvalue weighted by molar-refractivity contribution is 0.183. The summed E-state index contributed by atoms with van der Waals surface area (Å²) in [4.78, 5) is 7.13. The number of likely N-dealkylation sites (tertiary alicyclic amines) is 1. The van der Waals surface area contributed by atoms with E-state index in [4.69, 9.17) is 9.26 Å². The van der Waals surface area contributed by atoms with Crippen molar-refractivity contribution in [1.82, 2.24) is 15.0 Å². The van der Waals surface area contributed by atoms with Crippen LogP contribution < -0.4 is 0 Å². The number of aryl methyl sites for hydroxylation is 1. The molecule has 2 saturated heterocycles. The van der Waals surface area contributed by atoms with Crippen molar-refractivity contribution >= 4 is 0 Å². The van der Waals surface area contributed by atoms with E-state index in [0.29, 0.717) is 11.7 Å². The molecule has 1 unspecified atom stereocenters. The molecule has 2 aliphatic rings. The SMILES string of the molecule is c1cc(CN2CCCCC2)cc(-c2noc(CCC3CCOC3)n2)c1. The predicted octanol–water partition coefficient (Wildman–Crippen LogP) is 3.69. The summed E-state index contributed by atoms with van der Waals surface area (Å²) in [5, 5.41) is 4.19. The maximum atomic E-state index is 5.46. The number of rotatable bonds is 6. The minimum atomic E-state index is 0.642. The molecule has 0 radical (unpaired) electrons. The Labute approximate surface area is 149 Å². The van der Waals surface area contributed by atoms with Gasteiger partial charge in [-0.25, -0.2) is 0 Å². The molecule has 134 valence electrons. The average Bonchev–Trinajstić information content (AvgIpc) is 3.33. The second-order valence-corrected chi connectivity index (χ2v) is 7.32. The number of hydrogen-bond acceptors (Lipinski definition) is 5. The fourth-order valence-electron chi connectivity index (χ4n) is 3.80. The minimum Gasteiger partial charge on any atom is -0.381 e. The maximum Gasteiger partial charge on any atom is 0.226 e. The molecule has 1 aromatic heterocycles. The van der Waals surface area contributed by atoms with E-state index in [1.807, 2.05) is 0 Å². The lowest BCUT2D eigenvalue weighted by Gasteiger charge is -2.26. The van der Waals surface area contributed by atoms with Gasteiger partial charge in [-0.15, -0.1) is 0 Å². The van der Waals surface area contributed by atoms with Crippen LogP contribution in [0.3, 0.4) is 0 Å². The molecular formula is C20H27N3O2. The number of hydrogen-bond donors (Lipinski definition) is 0. The molecule has 3 heterocycles. The van der Waals surface area contributed by atoms with E-state index >= 15 is 0 Å². The molecular weight excluding hydrogens is 314 g/mol. The summed E-state index contributed by atoms with van der Waals surface area (Å²) < 4.78 is 10.9. The van der Waals surface area contributed by atoms with Crippen molar-refractivity contribution in [1.29, 1.82) is 0 Å². The van der Waals surface area contributed by atoms with E-state index < -0.39 is 0 Å². The van der Waals surface area contributed by atoms with Gasteiger partial charge in [-0.3, -0.25) is 4.90 Å². The van der Waals surface area contributed by atoms with Crippen molar-refractivity contribution in [3.8, 4) is 11.4 Å². The van der Waals surface area contributed by atoms with E-state index in [1.54, 1.807) is 0 Å². The molecule has 0 N–H and O–H groups in total. The minimum absolute atomic E-state index is 0.642.